The minimum atomic E-state index is -3.89. The molecule has 3 N–H and O–H groups in total. The summed E-state index contributed by atoms with van der Waals surface area (Å²) in [4.78, 5) is 51.3. The molecule has 4 unspecified atom stereocenters. The fraction of sp³-hybridized carbons (Fsp3) is 0.618. The number of benzene rings is 1. The van der Waals surface area contributed by atoms with Gasteiger partial charge in [0, 0.05) is 32.5 Å². The number of carbonyl (C=O) groups is 2. The fourth-order valence-corrected chi connectivity index (χ4v) is 9.86. The van der Waals surface area contributed by atoms with Gasteiger partial charge in [-0.05, 0) is 36.6 Å². The first-order valence-corrected chi connectivity index (χ1v) is 20.5. The monoisotopic (exact) mass is 786 g/mol. The second-order valence-electron chi connectivity index (χ2n) is 14.2. The van der Waals surface area contributed by atoms with Crippen molar-refractivity contribution < 1.29 is 47.2 Å². The zero-order valence-electron chi connectivity index (χ0n) is 30.4. The van der Waals surface area contributed by atoms with Crippen molar-refractivity contribution in [2.75, 3.05) is 38.8 Å². The van der Waals surface area contributed by atoms with Crippen molar-refractivity contribution >= 4 is 55.3 Å². The van der Waals surface area contributed by atoms with Crippen LogP contribution in [0.15, 0.2) is 41.5 Å². The number of H-pyrrole nitrogens is 1. The van der Waals surface area contributed by atoms with E-state index in [1.54, 1.807) is 25.9 Å². The molecule has 4 aliphatic rings. The molecule has 0 aliphatic carbocycles. The van der Waals surface area contributed by atoms with Crippen LogP contribution in [0.3, 0.4) is 0 Å². The second-order valence-corrected chi connectivity index (χ2v) is 17.2. The standard InChI is InChI=1S/C34H44BN6O11PS/c1-18(2)30(44)38-33-37-29-25(31(45)39-33)36-17-41(29)32-27-28(34(15-42,50-32)16-47-27)52-53(54,48-14-23-22(46-4)13-24(35)49-23)51-26(20-9-6-5-7-10-20)21-11-8-12-40(21)19(3)43/h5-7,9-10,17-18,21-24,26-28,32,42H,8,11-16H2,1-4H3,(H2,37,38,39,44,45)/t21-,22?,23+,24+,26+,27?,28?,32+,34-,53?/m0/s1. The average Bonchev–Trinajstić information content (AvgIpc) is 3.99. The summed E-state index contributed by atoms with van der Waals surface area (Å²) in [5.41, 5.74) is -1.15. The molecule has 2 amide bonds. The smallest absolute Gasteiger partial charge is 0.328 e. The maximum absolute atomic E-state index is 13.0. The summed E-state index contributed by atoms with van der Waals surface area (Å²) in [7, 11) is 7.65. The summed E-state index contributed by atoms with van der Waals surface area (Å²) < 4.78 is 45.8. The molecule has 0 spiro atoms. The second kappa shape index (κ2) is 15.8. The van der Waals surface area contributed by atoms with E-state index in [9.17, 15) is 19.5 Å². The van der Waals surface area contributed by atoms with Gasteiger partial charge in [-0.2, -0.15) is 4.98 Å². The summed E-state index contributed by atoms with van der Waals surface area (Å²) in [5, 5.41) is 13.5. The van der Waals surface area contributed by atoms with E-state index in [2.05, 4.69) is 20.3 Å². The number of hydrogen-bond donors (Lipinski definition) is 3. The number of aromatic amines is 1. The van der Waals surface area contributed by atoms with Gasteiger partial charge in [0.15, 0.2) is 17.4 Å². The van der Waals surface area contributed by atoms with Crippen LogP contribution in [0.25, 0.3) is 11.2 Å². The molecule has 2 aromatic heterocycles. The van der Waals surface area contributed by atoms with Crippen molar-refractivity contribution in [1.82, 2.24) is 24.4 Å². The molecule has 2 bridgehead atoms. The van der Waals surface area contributed by atoms with Gasteiger partial charge in [-0.3, -0.25) is 38.3 Å². The summed E-state index contributed by atoms with van der Waals surface area (Å²) in [5.74, 6) is -0.884. The van der Waals surface area contributed by atoms with Crippen LogP contribution in [-0.2, 0) is 53.9 Å². The maximum atomic E-state index is 13.0. The Morgan fingerprint density at radius 2 is 2.06 bits per heavy atom. The first kappa shape index (κ1) is 39.2. The van der Waals surface area contributed by atoms with Crippen LogP contribution >= 0.6 is 6.72 Å². The number of imidazole rings is 1. The number of aliphatic hydroxyl groups excluding tert-OH is 1. The van der Waals surface area contributed by atoms with E-state index in [0.29, 0.717) is 19.4 Å². The van der Waals surface area contributed by atoms with Gasteiger partial charge in [0.1, 0.15) is 37.9 Å². The Kier molecular flexibility index (Phi) is 11.5. The number of ether oxygens (including phenoxy) is 4. The average molecular weight is 787 g/mol. The Bertz CT molecular complexity index is 1960. The molecular weight excluding hydrogens is 742 g/mol. The largest absolute Gasteiger partial charge is 0.393 e. The van der Waals surface area contributed by atoms with Gasteiger partial charge >= 0.3 is 6.72 Å². The highest BCUT2D eigenvalue weighted by Crippen LogP contribution is 2.61. The molecule has 17 nitrogen and oxygen atoms in total. The lowest BCUT2D eigenvalue weighted by molar-refractivity contribution is -0.185. The number of hydrogen-bond acceptors (Lipinski definition) is 14. The van der Waals surface area contributed by atoms with Gasteiger partial charge < -0.3 is 33.5 Å². The summed E-state index contributed by atoms with van der Waals surface area (Å²) >= 11 is 6.24. The minimum Gasteiger partial charge on any atom is -0.393 e. The molecule has 10 atom stereocenters. The van der Waals surface area contributed by atoms with Crippen molar-refractivity contribution in [2.45, 2.75) is 94.4 Å². The Morgan fingerprint density at radius 1 is 1.28 bits per heavy atom. The molecule has 54 heavy (non-hydrogen) atoms. The molecule has 290 valence electrons. The van der Waals surface area contributed by atoms with E-state index in [1.165, 1.54) is 17.8 Å². The number of likely N-dealkylation sites (tertiary alicyclic amines) is 1. The van der Waals surface area contributed by atoms with Crippen molar-refractivity contribution in [3.05, 3.63) is 52.6 Å². The maximum Gasteiger partial charge on any atom is 0.328 e. The first-order chi connectivity index (χ1) is 25.8. The lowest BCUT2D eigenvalue weighted by atomic mass is 9.96. The molecule has 2 radical (unpaired) electrons. The summed E-state index contributed by atoms with van der Waals surface area (Å²) in [6, 6.07) is 8.48. The van der Waals surface area contributed by atoms with E-state index < -0.39 is 61.1 Å². The number of nitrogens with one attached hydrogen (secondary N) is 2. The van der Waals surface area contributed by atoms with Crippen LogP contribution in [0.5, 0.6) is 0 Å². The Hall–Kier alpha value is -3.10. The summed E-state index contributed by atoms with van der Waals surface area (Å²) in [6.07, 6.45) is -1.45. The van der Waals surface area contributed by atoms with Gasteiger partial charge in [-0.1, -0.05) is 44.2 Å². The number of carbonyl (C=O) groups excluding carboxylic acids is 2. The summed E-state index contributed by atoms with van der Waals surface area (Å²) in [6.45, 7) is 0.923. The van der Waals surface area contributed by atoms with Crippen molar-refractivity contribution in [2.24, 2.45) is 5.92 Å². The van der Waals surface area contributed by atoms with E-state index in [-0.39, 0.29) is 60.2 Å². The van der Waals surface area contributed by atoms with Crippen LogP contribution in [0, 0.1) is 5.92 Å². The number of methoxy groups -OCH3 is 1. The molecular formula is C34H44BN6O11PS. The Balaban J connectivity index is 1.23. The van der Waals surface area contributed by atoms with E-state index in [0.717, 1.165) is 12.0 Å². The number of nitrogens with zero attached hydrogens (tertiary/aromatic N) is 4. The molecule has 6 heterocycles. The third-order valence-electron chi connectivity index (χ3n) is 10.3. The highest BCUT2D eigenvalue weighted by atomic mass is 32.5. The molecule has 1 aromatic carbocycles. The van der Waals surface area contributed by atoms with Crippen molar-refractivity contribution in [3.8, 4) is 0 Å². The third kappa shape index (κ3) is 7.55. The molecule has 4 aliphatic heterocycles. The minimum absolute atomic E-state index is 0.00372. The van der Waals surface area contributed by atoms with Gasteiger partial charge in [-0.25, -0.2) is 4.98 Å². The Morgan fingerprint density at radius 3 is 2.76 bits per heavy atom. The van der Waals surface area contributed by atoms with Crippen molar-refractivity contribution in [1.29, 1.82) is 0 Å². The molecule has 3 aromatic rings. The van der Waals surface area contributed by atoms with Crippen LogP contribution in [0.2, 0.25) is 0 Å². The number of rotatable bonds is 14. The van der Waals surface area contributed by atoms with Crippen LogP contribution in [0.4, 0.5) is 5.95 Å². The van der Waals surface area contributed by atoms with Crippen LogP contribution in [0.1, 0.15) is 57.9 Å². The molecule has 0 saturated carbocycles. The zero-order valence-corrected chi connectivity index (χ0v) is 32.1. The molecule has 4 saturated heterocycles. The quantitative estimate of drug-likeness (QED) is 0.159. The number of anilines is 1. The normalized spacial score (nSPS) is 31.0. The number of amides is 2. The van der Waals surface area contributed by atoms with E-state index >= 15 is 0 Å². The number of aliphatic hydroxyl groups is 1. The molecule has 7 rings (SSSR count). The topological polar surface area (TPSA) is 198 Å². The number of aromatic nitrogens is 4. The predicted octanol–water partition coefficient (Wildman–Crippen LogP) is 2.07. The van der Waals surface area contributed by atoms with Gasteiger partial charge in [0.05, 0.1) is 38.3 Å². The fourth-order valence-electron chi connectivity index (χ4n) is 7.49. The molecule has 4 fully saturated rings. The lowest BCUT2D eigenvalue weighted by Crippen LogP contribution is -2.45. The first-order valence-electron chi connectivity index (χ1n) is 17.9. The van der Waals surface area contributed by atoms with E-state index in [4.69, 9.17) is 52.2 Å². The Labute approximate surface area is 318 Å². The SMILES string of the molecule is [B][C@H]1CC(OC)[C@@H](COP(=S)(OC2C3OC[C@]2(CO)O[C@H]3n2cnc3c(=O)[nH]c(NC(=O)C(C)C)nc32)O[C@H](c2ccccc2)[C@@H]2CCCN2C(C)=O)O1. The molecule has 20 heteroatoms. The van der Waals surface area contributed by atoms with Gasteiger partial charge in [0.25, 0.3) is 5.56 Å². The highest BCUT2D eigenvalue weighted by Gasteiger charge is 2.65. The van der Waals surface area contributed by atoms with E-state index in [1.807, 2.05) is 30.3 Å². The third-order valence-corrected chi connectivity index (χ3v) is 12.6. The lowest BCUT2D eigenvalue weighted by Gasteiger charge is -2.37. The predicted molar refractivity (Wildman–Crippen MR) is 197 cm³/mol. The van der Waals surface area contributed by atoms with Gasteiger partial charge in [-0.15, -0.1) is 0 Å². The van der Waals surface area contributed by atoms with Crippen molar-refractivity contribution in [3.63, 3.8) is 0 Å². The van der Waals surface area contributed by atoms with Crippen LogP contribution in [-0.4, -0.2) is 125 Å². The number of fused-ring (bicyclic) bond motifs is 3. The van der Waals surface area contributed by atoms with Gasteiger partial charge in [0.2, 0.25) is 17.8 Å². The zero-order chi connectivity index (χ0) is 38.4. The highest BCUT2D eigenvalue weighted by molar-refractivity contribution is 8.07. The van der Waals surface area contributed by atoms with Crippen LogP contribution < -0.4 is 10.9 Å².